The number of aryl methyl sites for hydroxylation is 1. The monoisotopic (exact) mass is 257 g/mol. The van der Waals surface area contributed by atoms with E-state index in [1.807, 2.05) is 0 Å². The van der Waals surface area contributed by atoms with Crippen molar-refractivity contribution in [2.24, 2.45) is 0 Å². The third-order valence-electron chi connectivity index (χ3n) is 3.57. The molecule has 0 spiro atoms. The second-order valence-electron chi connectivity index (χ2n) is 5.06. The Morgan fingerprint density at radius 1 is 1.47 bits per heavy atom. The summed E-state index contributed by atoms with van der Waals surface area (Å²) in [4.78, 5) is 0. The Kier molecular flexibility index (Phi) is 5.30. The summed E-state index contributed by atoms with van der Waals surface area (Å²) in [6.07, 6.45) is 10.5. The van der Waals surface area contributed by atoms with Gasteiger partial charge in [0.25, 0.3) is 0 Å². The molecule has 0 aliphatic heterocycles. The Balaban J connectivity index is 1.92. The van der Waals surface area contributed by atoms with Crippen LogP contribution in [-0.2, 0) is 6.42 Å². The minimum Gasteiger partial charge on any atom is -0.494 e. The minimum atomic E-state index is 0.533. The molecule has 1 atom stereocenters. The molecular formula is C17H23NO. The van der Waals surface area contributed by atoms with Gasteiger partial charge in [-0.25, -0.2) is 0 Å². The number of fused-ring (bicyclic) bond motifs is 1. The molecule has 0 heterocycles. The predicted octanol–water partition coefficient (Wildman–Crippen LogP) is 3.47. The number of benzene rings is 1. The molecule has 0 radical (unpaired) electrons. The first-order valence-corrected chi connectivity index (χ1v) is 7.27. The zero-order chi connectivity index (χ0) is 13.5. The van der Waals surface area contributed by atoms with Crippen LogP contribution in [0.25, 0.3) is 0 Å². The zero-order valence-corrected chi connectivity index (χ0v) is 11.7. The molecule has 1 aromatic carbocycles. The molecule has 0 aromatic heterocycles. The second kappa shape index (κ2) is 7.21. The lowest BCUT2D eigenvalue weighted by atomic mass is 10.1. The first-order chi connectivity index (χ1) is 9.35. The molecule has 2 nitrogen and oxygen atoms in total. The van der Waals surface area contributed by atoms with E-state index in [9.17, 15) is 0 Å². The molecule has 1 aromatic rings. The van der Waals surface area contributed by atoms with Gasteiger partial charge in [0.15, 0.2) is 0 Å². The Morgan fingerprint density at radius 2 is 2.37 bits per heavy atom. The van der Waals surface area contributed by atoms with Crippen LogP contribution in [0.2, 0.25) is 0 Å². The highest BCUT2D eigenvalue weighted by Crippen LogP contribution is 2.33. The standard InChI is InChI=1S/C17H23NO/c1-3-5-6-12-19-15-8-9-16-14(13-15)7-10-17(16)18-11-4-2/h1,8-9,13,17-18H,4-7,10-12H2,2H3. The van der Waals surface area contributed by atoms with Crippen molar-refractivity contribution in [3.63, 3.8) is 0 Å². The van der Waals surface area contributed by atoms with E-state index in [-0.39, 0.29) is 0 Å². The molecule has 0 bridgehead atoms. The molecule has 2 heteroatoms. The van der Waals surface area contributed by atoms with Gasteiger partial charge in [-0.2, -0.15) is 0 Å². The predicted molar refractivity (Wildman–Crippen MR) is 79.4 cm³/mol. The van der Waals surface area contributed by atoms with Crippen molar-refractivity contribution >= 4 is 0 Å². The molecule has 0 fully saturated rings. The van der Waals surface area contributed by atoms with Crippen LogP contribution in [0.15, 0.2) is 18.2 Å². The van der Waals surface area contributed by atoms with Gasteiger partial charge in [0.2, 0.25) is 0 Å². The molecule has 19 heavy (non-hydrogen) atoms. The van der Waals surface area contributed by atoms with E-state index in [1.165, 1.54) is 24.0 Å². The lowest BCUT2D eigenvalue weighted by Crippen LogP contribution is -2.19. The van der Waals surface area contributed by atoms with E-state index in [1.54, 1.807) is 0 Å². The Hall–Kier alpha value is -1.46. The lowest BCUT2D eigenvalue weighted by molar-refractivity contribution is 0.312. The highest BCUT2D eigenvalue weighted by molar-refractivity contribution is 5.40. The van der Waals surface area contributed by atoms with Crippen molar-refractivity contribution < 1.29 is 4.74 Å². The third kappa shape index (κ3) is 3.75. The van der Waals surface area contributed by atoms with Crippen molar-refractivity contribution in [3.8, 4) is 18.1 Å². The van der Waals surface area contributed by atoms with Gasteiger partial charge in [-0.15, -0.1) is 12.3 Å². The first kappa shape index (κ1) is 14.0. The van der Waals surface area contributed by atoms with Gasteiger partial charge in [-0.05, 0) is 55.5 Å². The van der Waals surface area contributed by atoms with Gasteiger partial charge in [0, 0.05) is 12.5 Å². The van der Waals surface area contributed by atoms with Crippen LogP contribution >= 0.6 is 0 Å². The van der Waals surface area contributed by atoms with E-state index >= 15 is 0 Å². The SMILES string of the molecule is C#CCCCOc1ccc2c(c1)CCC2NCCC. The molecule has 1 N–H and O–H groups in total. The molecule has 0 saturated heterocycles. The quantitative estimate of drug-likeness (QED) is 0.596. The molecule has 1 unspecified atom stereocenters. The van der Waals surface area contributed by atoms with E-state index in [2.05, 4.69) is 36.4 Å². The smallest absolute Gasteiger partial charge is 0.119 e. The van der Waals surface area contributed by atoms with Crippen LogP contribution < -0.4 is 10.1 Å². The topological polar surface area (TPSA) is 21.3 Å². The Bertz CT molecular complexity index is 447. The maximum Gasteiger partial charge on any atom is 0.119 e. The van der Waals surface area contributed by atoms with Crippen LogP contribution in [0.5, 0.6) is 5.75 Å². The summed E-state index contributed by atoms with van der Waals surface area (Å²) < 4.78 is 5.73. The molecule has 1 aliphatic rings. The van der Waals surface area contributed by atoms with Crippen molar-refractivity contribution in [2.75, 3.05) is 13.2 Å². The van der Waals surface area contributed by atoms with E-state index in [4.69, 9.17) is 11.2 Å². The number of rotatable bonds is 7. The average Bonchev–Trinajstić information content (AvgIpc) is 2.84. The van der Waals surface area contributed by atoms with Crippen LogP contribution in [0.4, 0.5) is 0 Å². The zero-order valence-electron chi connectivity index (χ0n) is 11.7. The van der Waals surface area contributed by atoms with Gasteiger partial charge in [0.1, 0.15) is 5.75 Å². The number of unbranched alkanes of at least 4 members (excludes halogenated alkanes) is 1. The normalized spacial score (nSPS) is 16.9. The van der Waals surface area contributed by atoms with Crippen LogP contribution in [-0.4, -0.2) is 13.2 Å². The fourth-order valence-corrected chi connectivity index (χ4v) is 2.58. The summed E-state index contributed by atoms with van der Waals surface area (Å²) in [5.74, 6) is 3.61. The summed E-state index contributed by atoms with van der Waals surface area (Å²) in [6, 6.07) is 7.02. The number of ether oxygens (including phenoxy) is 1. The first-order valence-electron chi connectivity index (χ1n) is 7.27. The van der Waals surface area contributed by atoms with Gasteiger partial charge in [0.05, 0.1) is 6.61 Å². The van der Waals surface area contributed by atoms with Gasteiger partial charge in [-0.3, -0.25) is 0 Å². The highest BCUT2D eigenvalue weighted by Gasteiger charge is 2.21. The van der Waals surface area contributed by atoms with Gasteiger partial charge < -0.3 is 10.1 Å². The van der Waals surface area contributed by atoms with E-state index < -0.39 is 0 Å². The van der Waals surface area contributed by atoms with Gasteiger partial charge >= 0.3 is 0 Å². The number of nitrogens with one attached hydrogen (secondary N) is 1. The fraction of sp³-hybridized carbons (Fsp3) is 0.529. The molecule has 0 amide bonds. The maximum absolute atomic E-state index is 5.73. The molecule has 0 saturated carbocycles. The highest BCUT2D eigenvalue weighted by atomic mass is 16.5. The number of terminal acetylenes is 1. The maximum atomic E-state index is 5.73. The molecular weight excluding hydrogens is 234 g/mol. The number of hydrogen-bond donors (Lipinski definition) is 1. The van der Waals surface area contributed by atoms with Gasteiger partial charge in [-0.1, -0.05) is 13.0 Å². The summed E-state index contributed by atoms with van der Waals surface area (Å²) in [5.41, 5.74) is 2.88. The average molecular weight is 257 g/mol. The Labute approximate surface area is 116 Å². The largest absolute Gasteiger partial charge is 0.494 e. The number of hydrogen-bond acceptors (Lipinski definition) is 2. The lowest BCUT2D eigenvalue weighted by Gasteiger charge is -2.14. The van der Waals surface area contributed by atoms with Crippen molar-refractivity contribution in [1.82, 2.24) is 5.32 Å². The summed E-state index contributed by atoms with van der Waals surface area (Å²) >= 11 is 0. The molecule has 102 valence electrons. The van der Waals surface area contributed by atoms with Crippen LogP contribution in [0.3, 0.4) is 0 Å². The van der Waals surface area contributed by atoms with Crippen LogP contribution in [0.1, 0.15) is 49.8 Å². The van der Waals surface area contributed by atoms with Crippen molar-refractivity contribution in [3.05, 3.63) is 29.3 Å². The summed E-state index contributed by atoms with van der Waals surface area (Å²) in [6.45, 7) is 4.00. The van der Waals surface area contributed by atoms with Crippen molar-refractivity contribution in [1.29, 1.82) is 0 Å². The van der Waals surface area contributed by atoms with Crippen molar-refractivity contribution in [2.45, 2.75) is 45.1 Å². The van der Waals surface area contributed by atoms with E-state index in [0.717, 1.165) is 31.6 Å². The van der Waals surface area contributed by atoms with Crippen LogP contribution in [0, 0.1) is 12.3 Å². The third-order valence-corrected chi connectivity index (χ3v) is 3.57. The Morgan fingerprint density at radius 3 is 3.16 bits per heavy atom. The molecule has 1 aliphatic carbocycles. The summed E-state index contributed by atoms with van der Waals surface area (Å²) in [5, 5.41) is 3.60. The second-order valence-corrected chi connectivity index (χ2v) is 5.06. The van der Waals surface area contributed by atoms with E-state index in [0.29, 0.717) is 12.6 Å². The summed E-state index contributed by atoms with van der Waals surface area (Å²) in [7, 11) is 0. The minimum absolute atomic E-state index is 0.533. The fourth-order valence-electron chi connectivity index (χ4n) is 2.58. The molecule has 2 rings (SSSR count).